The molecule has 0 saturated carbocycles. The van der Waals surface area contributed by atoms with Gasteiger partial charge in [0.05, 0.1) is 0 Å². The summed E-state index contributed by atoms with van der Waals surface area (Å²) in [6.45, 7) is 5.46. The van der Waals surface area contributed by atoms with Crippen molar-refractivity contribution in [2.45, 2.75) is 142 Å². The average molecular weight is 401 g/mol. The molecule has 0 aromatic carbocycles. The van der Waals surface area contributed by atoms with Gasteiger partial charge in [-0.3, -0.25) is 0 Å². The molecule has 0 heterocycles. The van der Waals surface area contributed by atoms with Gasteiger partial charge < -0.3 is 0 Å². The van der Waals surface area contributed by atoms with E-state index in [-0.39, 0.29) is 0 Å². The zero-order valence-electron chi connectivity index (χ0n) is 19.2. The summed E-state index contributed by atoms with van der Waals surface area (Å²) in [6, 6.07) is 0. The van der Waals surface area contributed by atoms with Crippen molar-refractivity contribution in [2.75, 3.05) is 13.2 Å². The van der Waals surface area contributed by atoms with E-state index in [0.29, 0.717) is 18.3 Å². The highest BCUT2D eigenvalue weighted by Gasteiger charge is 2.11. The van der Waals surface area contributed by atoms with Gasteiger partial charge >= 0.3 is 5.09 Å². The van der Waals surface area contributed by atoms with Crippen molar-refractivity contribution in [3.05, 3.63) is 4.91 Å². The van der Waals surface area contributed by atoms with Crippen molar-refractivity contribution in [1.82, 2.24) is 0 Å². The van der Waals surface area contributed by atoms with Gasteiger partial charge in [0.15, 0.2) is 13.2 Å². The summed E-state index contributed by atoms with van der Waals surface area (Å²) in [5, 5.41) is 0.321. The Morgan fingerprint density at radius 3 is 0.964 bits per heavy atom. The van der Waals surface area contributed by atoms with Crippen LogP contribution in [0.25, 0.3) is 0 Å². The van der Waals surface area contributed by atoms with Gasteiger partial charge in [-0.25, -0.2) is 0 Å². The highest BCUT2D eigenvalue weighted by Crippen LogP contribution is 2.11. The Balaban J connectivity index is 3.13. The molecular formula is C24H50NO3+. The molecule has 0 bridgehead atoms. The zero-order valence-corrected chi connectivity index (χ0v) is 19.2. The van der Waals surface area contributed by atoms with Gasteiger partial charge in [0, 0.05) is 0 Å². The molecule has 0 unspecified atom stereocenters. The fourth-order valence-corrected chi connectivity index (χ4v) is 3.49. The molecule has 4 nitrogen and oxygen atoms in total. The molecule has 0 atom stereocenters. The Morgan fingerprint density at radius 1 is 0.429 bits per heavy atom. The smallest absolute Gasteiger partial charge is 0.187 e. The van der Waals surface area contributed by atoms with E-state index in [1.54, 1.807) is 0 Å². The molecule has 0 aromatic heterocycles. The molecule has 168 valence electrons. The Kier molecular flexibility index (Phi) is 23.5. The molecule has 0 rings (SSSR count). The van der Waals surface area contributed by atoms with E-state index in [2.05, 4.69) is 13.8 Å². The minimum absolute atomic E-state index is 0.321. The fraction of sp³-hybridized carbons (Fsp3) is 1.00. The number of hydrogen-bond donors (Lipinski definition) is 0. The lowest BCUT2D eigenvalue weighted by Crippen LogP contribution is -2.12. The van der Waals surface area contributed by atoms with Crippen LogP contribution in [0, 0.1) is 4.91 Å². The second-order valence-electron chi connectivity index (χ2n) is 8.25. The molecule has 0 saturated heterocycles. The lowest BCUT2D eigenvalue weighted by molar-refractivity contribution is -0.981. The Morgan fingerprint density at radius 2 is 0.679 bits per heavy atom. The van der Waals surface area contributed by atoms with Crippen LogP contribution < -0.4 is 0 Å². The summed E-state index contributed by atoms with van der Waals surface area (Å²) in [5.41, 5.74) is 0. The van der Waals surface area contributed by atoms with Crippen molar-refractivity contribution < 1.29 is 14.8 Å². The van der Waals surface area contributed by atoms with Gasteiger partial charge in [0.1, 0.15) is 4.91 Å². The molecule has 0 fully saturated rings. The zero-order chi connectivity index (χ0) is 20.5. The number of hydrogen-bond acceptors (Lipinski definition) is 3. The standard InChI is InChI=1S/C24H50NO3/c1-3-5-7-9-11-13-15-17-19-21-23-27-25(26)28-24-22-20-18-16-14-12-10-8-6-4-2/h3-24H2,1-2H3/q+1. The minimum Gasteiger partial charge on any atom is -0.187 e. The summed E-state index contributed by atoms with van der Waals surface area (Å²) in [6.07, 6.45) is 25.7. The maximum atomic E-state index is 11.4. The fourth-order valence-electron chi connectivity index (χ4n) is 3.49. The summed E-state index contributed by atoms with van der Waals surface area (Å²) < 4.78 is 0. The third-order valence-electron chi connectivity index (χ3n) is 5.39. The van der Waals surface area contributed by atoms with Crippen LogP contribution in [0.1, 0.15) is 142 Å². The van der Waals surface area contributed by atoms with Crippen LogP contribution in [0.15, 0.2) is 0 Å². The Hall–Kier alpha value is -0.800. The number of unbranched alkanes of at least 4 members (excludes halogenated alkanes) is 18. The first-order valence-electron chi connectivity index (χ1n) is 12.5. The van der Waals surface area contributed by atoms with Crippen LogP contribution in [0.4, 0.5) is 0 Å². The Labute approximate surface area is 175 Å². The van der Waals surface area contributed by atoms with Crippen LogP contribution in [0.3, 0.4) is 0 Å². The molecule has 0 N–H and O–H groups in total. The summed E-state index contributed by atoms with van der Waals surface area (Å²) in [4.78, 5) is 21.6. The first kappa shape index (κ1) is 27.2. The summed E-state index contributed by atoms with van der Waals surface area (Å²) >= 11 is 0. The molecule has 0 aliphatic heterocycles. The second kappa shape index (κ2) is 24.2. The molecule has 0 aliphatic carbocycles. The van der Waals surface area contributed by atoms with Gasteiger partial charge in [0.25, 0.3) is 0 Å². The van der Waals surface area contributed by atoms with Crippen molar-refractivity contribution in [1.29, 1.82) is 0 Å². The average Bonchev–Trinajstić information content (AvgIpc) is 2.70. The van der Waals surface area contributed by atoms with Crippen molar-refractivity contribution in [3.8, 4) is 0 Å². The van der Waals surface area contributed by atoms with E-state index in [1.165, 1.54) is 103 Å². The predicted molar refractivity (Wildman–Crippen MR) is 119 cm³/mol. The maximum absolute atomic E-state index is 11.4. The molecular weight excluding hydrogens is 350 g/mol. The van der Waals surface area contributed by atoms with E-state index >= 15 is 0 Å². The second-order valence-corrected chi connectivity index (χ2v) is 8.25. The third-order valence-corrected chi connectivity index (χ3v) is 5.39. The molecule has 0 aromatic rings. The van der Waals surface area contributed by atoms with Crippen LogP contribution in [-0.4, -0.2) is 18.3 Å². The van der Waals surface area contributed by atoms with Gasteiger partial charge in [-0.05, 0) is 25.7 Å². The molecule has 0 amide bonds. The molecule has 28 heavy (non-hydrogen) atoms. The summed E-state index contributed by atoms with van der Waals surface area (Å²) in [7, 11) is 0. The Bertz CT molecular complexity index is 282. The van der Waals surface area contributed by atoms with Gasteiger partial charge in [-0.15, -0.1) is 0 Å². The minimum atomic E-state index is 0.321. The molecule has 0 spiro atoms. The maximum Gasteiger partial charge on any atom is 0.477 e. The van der Waals surface area contributed by atoms with Gasteiger partial charge in [-0.1, -0.05) is 117 Å². The van der Waals surface area contributed by atoms with E-state index in [0.717, 1.165) is 25.7 Å². The van der Waals surface area contributed by atoms with Crippen LogP contribution in [0.5, 0.6) is 0 Å². The summed E-state index contributed by atoms with van der Waals surface area (Å²) in [5.74, 6) is 0. The lowest BCUT2D eigenvalue weighted by Gasteiger charge is -2.01. The number of rotatable bonds is 24. The van der Waals surface area contributed by atoms with E-state index in [9.17, 15) is 4.91 Å². The monoisotopic (exact) mass is 400 g/mol. The molecule has 0 aliphatic rings. The van der Waals surface area contributed by atoms with Crippen molar-refractivity contribution >= 4 is 0 Å². The van der Waals surface area contributed by atoms with Gasteiger partial charge in [-0.2, -0.15) is 9.68 Å². The first-order valence-corrected chi connectivity index (χ1v) is 12.5. The lowest BCUT2D eigenvalue weighted by atomic mass is 10.1. The normalized spacial score (nSPS) is 10.9. The largest absolute Gasteiger partial charge is 0.477 e. The van der Waals surface area contributed by atoms with Crippen LogP contribution >= 0.6 is 0 Å². The van der Waals surface area contributed by atoms with Crippen LogP contribution in [-0.2, 0) is 9.68 Å². The quantitative estimate of drug-likeness (QED) is 0.120. The SMILES string of the molecule is CCCCCCCCCCCCO[N+](=O)OCCCCCCCCCCCC. The first-order chi connectivity index (χ1) is 13.8. The highest BCUT2D eigenvalue weighted by atomic mass is 17.0. The van der Waals surface area contributed by atoms with Crippen molar-refractivity contribution in [3.63, 3.8) is 0 Å². The number of nitrogens with zero attached hydrogens (tertiary/aromatic N) is 1. The molecule has 0 radical (unpaired) electrons. The van der Waals surface area contributed by atoms with Gasteiger partial charge in [0.2, 0.25) is 0 Å². The predicted octanol–water partition coefficient (Wildman–Crippen LogP) is 8.47. The highest BCUT2D eigenvalue weighted by molar-refractivity contribution is 4.48. The van der Waals surface area contributed by atoms with Crippen molar-refractivity contribution in [2.24, 2.45) is 0 Å². The molecule has 4 heteroatoms. The van der Waals surface area contributed by atoms with E-state index in [4.69, 9.17) is 9.68 Å². The third kappa shape index (κ3) is 23.2. The van der Waals surface area contributed by atoms with E-state index < -0.39 is 0 Å². The van der Waals surface area contributed by atoms with E-state index in [1.807, 2.05) is 0 Å². The topological polar surface area (TPSA) is 38.5 Å². The van der Waals surface area contributed by atoms with Crippen LogP contribution in [0.2, 0.25) is 0 Å².